The molecule has 0 saturated heterocycles. The second kappa shape index (κ2) is 14.2. The number of para-hydroxylation sites is 1. The zero-order valence-corrected chi connectivity index (χ0v) is 25.6. The highest BCUT2D eigenvalue weighted by atomic mass is 35.5. The van der Waals surface area contributed by atoms with Crippen molar-refractivity contribution in [3.05, 3.63) is 93.4 Å². The molecular formula is C29H32Cl3N3O4S. The lowest BCUT2D eigenvalue weighted by atomic mass is 10.1. The summed E-state index contributed by atoms with van der Waals surface area (Å²) < 4.78 is 28.6. The quantitative estimate of drug-likeness (QED) is 0.252. The monoisotopic (exact) mass is 623 g/mol. The maximum atomic E-state index is 14.0. The molecule has 2 amide bonds. The third kappa shape index (κ3) is 8.13. The van der Waals surface area contributed by atoms with Gasteiger partial charge in [0.1, 0.15) is 12.6 Å². The van der Waals surface area contributed by atoms with Gasteiger partial charge in [0.2, 0.25) is 11.8 Å². The summed E-state index contributed by atoms with van der Waals surface area (Å²) in [7, 11) is -4.18. The van der Waals surface area contributed by atoms with Gasteiger partial charge >= 0.3 is 0 Å². The number of carbonyl (C=O) groups is 2. The number of rotatable bonds is 12. The fourth-order valence-corrected chi connectivity index (χ4v) is 6.04. The number of hydrogen-bond donors (Lipinski definition) is 1. The SMILES string of the molecule is CCC(C(=O)NCC(C)C)N(Cc1ccc(Cl)cc1Cl)C(=O)CN(c1ccccc1)S(=O)(=O)c1ccc(Cl)cc1. The van der Waals surface area contributed by atoms with E-state index < -0.39 is 28.5 Å². The van der Waals surface area contributed by atoms with Gasteiger partial charge in [-0.15, -0.1) is 0 Å². The lowest BCUT2D eigenvalue weighted by molar-refractivity contribution is -0.140. The van der Waals surface area contributed by atoms with E-state index in [1.54, 1.807) is 55.5 Å². The normalized spacial score (nSPS) is 12.2. The molecule has 7 nitrogen and oxygen atoms in total. The van der Waals surface area contributed by atoms with Crippen LogP contribution in [-0.4, -0.2) is 44.3 Å². The number of halogens is 3. The van der Waals surface area contributed by atoms with Gasteiger partial charge in [0.15, 0.2) is 0 Å². The number of sulfonamides is 1. The second-order valence-electron chi connectivity index (χ2n) is 9.62. The Kier molecular flexibility index (Phi) is 11.3. The van der Waals surface area contributed by atoms with Crippen molar-refractivity contribution < 1.29 is 18.0 Å². The van der Waals surface area contributed by atoms with E-state index in [2.05, 4.69) is 5.32 Å². The first-order valence-corrected chi connectivity index (χ1v) is 15.4. The first-order chi connectivity index (χ1) is 18.9. The molecule has 214 valence electrons. The van der Waals surface area contributed by atoms with Crippen LogP contribution >= 0.6 is 34.8 Å². The molecule has 1 unspecified atom stereocenters. The van der Waals surface area contributed by atoms with Gasteiger partial charge in [-0.25, -0.2) is 8.42 Å². The summed E-state index contributed by atoms with van der Waals surface area (Å²) in [6.45, 7) is 5.59. The summed E-state index contributed by atoms with van der Waals surface area (Å²) in [6.07, 6.45) is 0.302. The minimum atomic E-state index is -4.18. The minimum absolute atomic E-state index is 0.0218. The number of anilines is 1. The molecule has 1 N–H and O–H groups in total. The Morgan fingerprint density at radius 2 is 1.52 bits per heavy atom. The molecule has 0 fully saturated rings. The van der Waals surface area contributed by atoms with Crippen LogP contribution in [0.3, 0.4) is 0 Å². The van der Waals surface area contributed by atoms with Crippen LogP contribution in [0.5, 0.6) is 0 Å². The van der Waals surface area contributed by atoms with Crippen LogP contribution in [0.15, 0.2) is 77.7 Å². The van der Waals surface area contributed by atoms with Crippen molar-refractivity contribution in [3.63, 3.8) is 0 Å². The maximum absolute atomic E-state index is 14.0. The summed E-state index contributed by atoms with van der Waals surface area (Å²) >= 11 is 18.5. The average molecular weight is 625 g/mol. The van der Waals surface area contributed by atoms with E-state index in [0.717, 1.165) is 4.31 Å². The second-order valence-corrected chi connectivity index (χ2v) is 12.8. The van der Waals surface area contributed by atoms with Crippen molar-refractivity contribution in [1.29, 1.82) is 0 Å². The summed E-state index contributed by atoms with van der Waals surface area (Å²) in [4.78, 5) is 28.6. The van der Waals surface area contributed by atoms with Crippen LogP contribution in [0.25, 0.3) is 0 Å². The topological polar surface area (TPSA) is 86.8 Å². The van der Waals surface area contributed by atoms with Crippen molar-refractivity contribution in [2.45, 2.75) is 44.7 Å². The van der Waals surface area contributed by atoms with Crippen LogP contribution in [0, 0.1) is 5.92 Å². The van der Waals surface area contributed by atoms with Gasteiger partial charge in [-0.3, -0.25) is 13.9 Å². The Balaban J connectivity index is 2.04. The van der Waals surface area contributed by atoms with Crippen molar-refractivity contribution in [3.8, 4) is 0 Å². The molecule has 0 aliphatic carbocycles. The summed E-state index contributed by atoms with van der Waals surface area (Å²) in [5, 5.41) is 4.03. The van der Waals surface area contributed by atoms with E-state index in [9.17, 15) is 18.0 Å². The number of benzene rings is 3. The first-order valence-electron chi connectivity index (χ1n) is 12.8. The first kappa shape index (κ1) is 31.7. The summed E-state index contributed by atoms with van der Waals surface area (Å²) in [5.74, 6) is -0.699. The Labute approximate surface area is 251 Å². The van der Waals surface area contributed by atoms with Crippen molar-refractivity contribution in [1.82, 2.24) is 10.2 Å². The highest BCUT2D eigenvalue weighted by Crippen LogP contribution is 2.27. The van der Waals surface area contributed by atoms with Gasteiger partial charge in [-0.2, -0.15) is 0 Å². The lowest BCUT2D eigenvalue weighted by Crippen LogP contribution is -2.52. The average Bonchev–Trinajstić information content (AvgIpc) is 2.92. The molecular weight excluding hydrogens is 593 g/mol. The molecule has 1 atom stereocenters. The highest BCUT2D eigenvalue weighted by Gasteiger charge is 2.34. The van der Waals surface area contributed by atoms with Gasteiger partial charge in [-0.1, -0.05) is 79.8 Å². The third-order valence-electron chi connectivity index (χ3n) is 6.15. The van der Waals surface area contributed by atoms with Crippen molar-refractivity contribution >= 4 is 62.3 Å². The highest BCUT2D eigenvalue weighted by molar-refractivity contribution is 7.92. The summed E-state index contributed by atoms with van der Waals surface area (Å²) in [6, 6.07) is 18.1. The Morgan fingerprint density at radius 1 is 0.900 bits per heavy atom. The van der Waals surface area contributed by atoms with Gasteiger partial charge in [0.25, 0.3) is 10.0 Å². The van der Waals surface area contributed by atoms with Gasteiger partial charge < -0.3 is 10.2 Å². The van der Waals surface area contributed by atoms with Crippen LogP contribution in [0.1, 0.15) is 32.8 Å². The molecule has 3 aromatic carbocycles. The third-order valence-corrected chi connectivity index (χ3v) is 8.78. The standard InChI is InChI=1S/C29H32Cl3N3O4S/c1-4-27(29(37)33-17-20(2)3)34(18-21-10-11-23(31)16-26(21)32)28(36)19-35(24-8-6-5-7-9-24)40(38,39)25-14-12-22(30)13-15-25/h5-16,20,27H,4,17-19H2,1-3H3,(H,33,37). The Bertz CT molecular complexity index is 1420. The fraction of sp³-hybridized carbons (Fsp3) is 0.310. The molecule has 0 aromatic heterocycles. The van der Waals surface area contributed by atoms with Gasteiger partial charge in [-0.05, 0) is 66.4 Å². The van der Waals surface area contributed by atoms with E-state index in [-0.39, 0.29) is 23.3 Å². The zero-order valence-electron chi connectivity index (χ0n) is 22.5. The van der Waals surface area contributed by atoms with E-state index in [4.69, 9.17) is 34.8 Å². The predicted molar refractivity (Wildman–Crippen MR) is 161 cm³/mol. The van der Waals surface area contributed by atoms with Crippen LogP contribution in [0.2, 0.25) is 15.1 Å². The predicted octanol–water partition coefficient (Wildman–Crippen LogP) is 6.42. The van der Waals surface area contributed by atoms with Crippen LogP contribution < -0.4 is 9.62 Å². The molecule has 0 aliphatic heterocycles. The van der Waals surface area contributed by atoms with Crippen LogP contribution in [-0.2, 0) is 26.2 Å². The number of nitrogens with one attached hydrogen (secondary N) is 1. The summed E-state index contributed by atoms with van der Waals surface area (Å²) in [5.41, 5.74) is 0.869. The molecule has 0 spiro atoms. The largest absolute Gasteiger partial charge is 0.354 e. The fourth-order valence-electron chi connectivity index (χ4n) is 4.03. The zero-order chi connectivity index (χ0) is 29.4. The molecule has 40 heavy (non-hydrogen) atoms. The minimum Gasteiger partial charge on any atom is -0.354 e. The van der Waals surface area contributed by atoms with E-state index >= 15 is 0 Å². The Hall–Kier alpha value is -2.78. The van der Waals surface area contributed by atoms with Crippen molar-refractivity contribution in [2.75, 3.05) is 17.4 Å². The molecule has 3 aromatic rings. The number of amides is 2. The molecule has 0 heterocycles. The van der Waals surface area contributed by atoms with E-state index in [1.807, 2.05) is 13.8 Å². The number of carbonyl (C=O) groups excluding carboxylic acids is 2. The lowest BCUT2D eigenvalue weighted by Gasteiger charge is -2.33. The molecule has 0 radical (unpaired) electrons. The molecule has 11 heteroatoms. The van der Waals surface area contributed by atoms with Crippen LogP contribution in [0.4, 0.5) is 5.69 Å². The van der Waals surface area contributed by atoms with E-state index in [0.29, 0.717) is 39.3 Å². The van der Waals surface area contributed by atoms with Gasteiger partial charge in [0.05, 0.1) is 10.6 Å². The molecule has 3 rings (SSSR count). The smallest absolute Gasteiger partial charge is 0.264 e. The number of hydrogen-bond acceptors (Lipinski definition) is 4. The van der Waals surface area contributed by atoms with E-state index in [1.165, 1.54) is 29.2 Å². The molecule has 0 saturated carbocycles. The maximum Gasteiger partial charge on any atom is 0.264 e. The number of nitrogens with zero attached hydrogens (tertiary/aromatic N) is 2. The Morgan fingerprint density at radius 3 is 2.10 bits per heavy atom. The van der Waals surface area contributed by atoms with Crippen molar-refractivity contribution in [2.24, 2.45) is 5.92 Å². The van der Waals surface area contributed by atoms with Gasteiger partial charge in [0, 0.05) is 28.2 Å². The molecule has 0 bridgehead atoms. The molecule has 0 aliphatic rings.